The maximum atomic E-state index is 12.9. The van der Waals surface area contributed by atoms with Gasteiger partial charge >= 0.3 is 0 Å². The van der Waals surface area contributed by atoms with Gasteiger partial charge in [-0.05, 0) is 37.1 Å². The van der Waals surface area contributed by atoms with Gasteiger partial charge in [-0.3, -0.25) is 4.79 Å². The smallest absolute Gasteiger partial charge is 0.289 e. The Bertz CT molecular complexity index is 875. The minimum atomic E-state index is -3.06. The van der Waals surface area contributed by atoms with Gasteiger partial charge in [-0.15, -0.1) is 0 Å². The molecule has 0 spiro atoms. The molecule has 0 radical (unpaired) electrons. The predicted molar refractivity (Wildman–Crippen MR) is 97.5 cm³/mol. The van der Waals surface area contributed by atoms with Crippen LogP contribution in [0.1, 0.15) is 30.3 Å². The molecule has 1 saturated heterocycles. The third-order valence-corrected chi connectivity index (χ3v) is 6.41. The first-order valence-corrected chi connectivity index (χ1v) is 10.5. The standard InChI is InChI=1S/C18H20ClNO4S/c1-2-10-20(13-9-11-25(22,23)12-13)18(21)17-8-7-16(24-17)14-5-3-4-6-15(14)19/h3-8,13H,2,9-12H2,1H3. The van der Waals surface area contributed by atoms with Gasteiger partial charge in [-0.25, -0.2) is 8.42 Å². The zero-order chi connectivity index (χ0) is 18.0. The van der Waals surface area contributed by atoms with E-state index in [0.29, 0.717) is 29.3 Å². The fraction of sp³-hybridized carbons (Fsp3) is 0.389. The van der Waals surface area contributed by atoms with Crippen molar-refractivity contribution < 1.29 is 17.6 Å². The van der Waals surface area contributed by atoms with Crippen molar-refractivity contribution in [3.05, 3.63) is 47.2 Å². The van der Waals surface area contributed by atoms with Gasteiger partial charge < -0.3 is 9.32 Å². The molecular weight excluding hydrogens is 362 g/mol. The largest absolute Gasteiger partial charge is 0.451 e. The van der Waals surface area contributed by atoms with Crippen LogP contribution in [0.3, 0.4) is 0 Å². The highest BCUT2D eigenvalue weighted by atomic mass is 35.5. The lowest BCUT2D eigenvalue weighted by atomic mass is 10.2. The second-order valence-electron chi connectivity index (χ2n) is 6.20. The van der Waals surface area contributed by atoms with Gasteiger partial charge in [0.05, 0.1) is 16.5 Å². The van der Waals surface area contributed by atoms with E-state index in [1.165, 1.54) is 0 Å². The van der Waals surface area contributed by atoms with E-state index >= 15 is 0 Å². The molecule has 1 unspecified atom stereocenters. The molecule has 2 aromatic rings. The van der Waals surface area contributed by atoms with Crippen molar-refractivity contribution in [1.82, 2.24) is 4.90 Å². The zero-order valence-electron chi connectivity index (χ0n) is 13.9. The first-order valence-electron chi connectivity index (χ1n) is 8.27. The number of amides is 1. The lowest BCUT2D eigenvalue weighted by Gasteiger charge is -2.26. The molecule has 0 saturated carbocycles. The fourth-order valence-electron chi connectivity index (χ4n) is 3.11. The van der Waals surface area contributed by atoms with Crippen molar-refractivity contribution in [3.63, 3.8) is 0 Å². The molecule has 3 rings (SSSR count). The van der Waals surface area contributed by atoms with Crippen LogP contribution in [0.15, 0.2) is 40.8 Å². The highest BCUT2D eigenvalue weighted by molar-refractivity contribution is 7.91. The number of hydrogen-bond acceptors (Lipinski definition) is 4. The van der Waals surface area contributed by atoms with Crippen LogP contribution < -0.4 is 0 Å². The molecule has 0 bridgehead atoms. The van der Waals surface area contributed by atoms with E-state index in [1.807, 2.05) is 25.1 Å². The topological polar surface area (TPSA) is 67.6 Å². The lowest BCUT2D eigenvalue weighted by Crippen LogP contribution is -2.41. The molecule has 0 N–H and O–H groups in total. The van der Waals surface area contributed by atoms with Crippen LogP contribution in [0.2, 0.25) is 5.02 Å². The highest BCUT2D eigenvalue weighted by Gasteiger charge is 2.35. The molecule has 2 heterocycles. The Morgan fingerprint density at radius 3 is 2.68 bits per heavy atom. The quantitative estimate of drug-likeness (QED) is 0.792. The number of nitrogens with zero attached hydrogens (tertiary/aromatic N) is 1. The fourth-order valence-corrected chi connectivity index (χ4v) is 5.07. The molecule has 1 amide bonds. The summed E-state index contributed by atoms with van der Waals surface area (Å²) in [5, 5.41) is 0.545. The Labute approximate surface area is 152 Å². The minimum Gasteiger partial charge on any atom is -0.451 e. The molecule has 1 fully saturated rings. The van der Waals surface area contributed by atoms with Crippen LogP contribution >= 0.6 is 11.6 Å². The Kier molecular flexibility index (Phi) is 5.20. The second kappa shape index (κ2) is 7.22. The zero-order valence-corrected chi connectivity index (χ0v) is 15.5. The lowest BCUT2D eigenvalue weighted by molar-refractivity contribution is 0.0665. The summed E-state index contributed by atoms with van der Waals surface area (Å²) in [6, 6.07) is 10.3. The Morgan fingerprint density at radius 2 is 2.04 bits per heavy atom. The van der Waals surface area contributed by atoms with E-state index in [9.17, 15) is 13.2 Å². The number of halogens is 1. The van der Waals surface area contributed by atoms with Gasteiger partial charge in [0.15, 0.2) is 15.6 Å². The van der Waals surface area contributed by atoms with Crippen LogP contribution in [-0.2, 0) is 9.84 Å². The van der Waals surface area contributed by atoms with E-state index in [1.54, 1.807) is 23.1 Å². The molecule has 5 nitrogen and oxygen atoms in total. The molecule has 0 aliphatic carbocycles. The van der Waals surface area contributed by atoms with Crippen LogP contribution in [0.5, 0.6) is 0 Å². The number of carbonyl (C=O) groups excluding carboxylic acids is 1. The number of rotatable bonds is 5. The van der Waals surface area contributed by atoms with Crippen LogP contribution in [0.25, 0.3) is 11.3 Å². The van der Waals surface area contributed by atoms with E-state index in [-0.39, 0.29) is 29.2 Å². The first kappa shape index (κ1) is 18.0. The third-order valence-electron chi connectivity index (χ3n) is 4.33. The maximum Gasteiger partial charge on any atom is 0.289 e. The van der Waals surface area contributed by atoms with E-state index in [0.717, 1.165) is 6.42 Å². The van der Waals surface area contributed by atoms with E-state index < -0.39 is 9.84 Å². The van der Waals surface area contributed by atoms with E-state index in [4.69, 9.17) is 16.0 Å². The molecule has 25 heavy (non-hydrogen) atoms. The van der Waals surface area contributed by atoms with Gasteiger partial charge in [-0.2, -0.15) is 0 Å². The van der Waals surface area contributed by atoms with Gasteiger partial charge in [0, 0.05) is 18.2 Å². The third kappa shape index (κ3) is 3.90. The van der Waals surface area contributed by atoms with Crippen molar-refractivity contribution in [2.24, 2.45) is 0 Å². The monoisotopic (exact) mass is 381 g/mol. The van der Waals surface area contributed by atoms with Gasteiger partial charge in [0.1, 0.15) is 5.76 Å². The van der Waals surface area contributed by atoms with Crippen molar-refractivity contribution in [2.75, 3.05) is 18.1 Å². The summed E-state index contributed by atoms with van der Waals surface area (Å²) in [6.45, 7) is 2.46. The number of hydrogen-bond donors (Lipinski definition) is 0. The molecule has 1 aliphatic rings. The number of benzene rings is 1. The molecule has 1 aliphatic heterocycles. The Hall–Kier alpha value is -1.79. The van der Waals surface area contributed by atoms with Crippen LogP contribution in [0, 0.1) is 0 Å². The summed E-state index contributed by atoms with van der Waals surface area (Å²) >= 11 is 6.17. The second-order valence-corrected chi connectivity index (χ2v) is 8.84. The van der Waals surface area contributed by atoms with E-state index in [2.05, 4.69) is 0 Å². The van der Waals surface area contributed by atoms with Gasteiger partial charge in [-0.1, -0.05) is 30.7 Å². The molecule has 1 aromatic heterocycles. The van der Waals surface area contributed by atoms with Crippen molar-refractivity contribution in [1.29, 1.82) is 0 Å². The molecule has 134 valence electrons. The highest BCUT2D eigenvalue weighted by Crippen LogP contribution is 2.30. The summed E-state index contributed by atoms with van der Waals surface area (Å²) in [4.78, 5) is 14.5. The number of sulfone groups is 1. The molecule has 7 heteroatoms. The Balaban J connectivity index is 1.85. The summed E-state index contributed by atoms with van der Waals surface area (Å²) in [6.07, 6.45) is 1.23. The number of furan rings is 1. The minimum absolute atomic E-state index is 0.0246. The number of carbonyl (C=O) groups is 1. The van der Waals surface area contributed by atoms with Gasteiger partial charge in [0.25, 0.3) is 5.91 Å². The summed E-state index contributed by atoms with van der Waals surface area (Å²) in [7, 11) is -3.06. The van der Waals surface area contributed by atoms with Crippen molar-refractivity contribution >= 4 is 27.3 Å². The average molecular weight is 382 g/mol. The van der Waals surface area contributed by atoms with Gasteiger partial charge in [0.2, 0.25) is 0 Å². The van der Waals surface area contributed by atoms with Crippen LogP contribution in [-0.4, -0.2) is 43.3 Å². The summed E-state index contributed by atoms with van der Waals surface area (Å²) < 4.78 is 29.2. The molecule has 1 aromatic carbocycles. The summed E-state index contributed by atoms with van der Waals surface area (Å²) in [5.41, 5.74) is 0.716. The predicted octanol–water partition coefficient (Wildman–Crippen LogP) is 3.64. The molecular formula is C18H20ClNO4S. The molecule has 1 atom stereocenters. The van der Waals surface area contributed by atoms with Crippen LogP contribution in [0.4, 0.5) is 0 Å². The summed E-state index contributed by atoms with van der Waals surface area (Å²) in [5.74, 6) is 0.602. The van der Waals surface area contributed by atoms with Crippen molar-refractivity contribution in [3.8, 4) is 11.3 Å². The van der Waals surface area contributed by atoms with Crippen molar-refractivity contribution in [2.45, 2.75) is 25.8 Å². The SMILES string of the molecule is CCCN(C(=O)c1ccc(-c2ccccc2Cl)o1)C1CCS(=O)(=O)C1. The maximum absolute atomic E-state index is 12.9. The normalized spacial score (nSPS) is 19.0. The first-order chi connectivity index (χ1) is 11.9. The Morgan fingerprint density at radius 1 is 1.28 bits per heavy atom. The average Bonchev–Trinajstić information content (AvgIpc) is 3.19.